The van der Waals surface area contributed by atoms with Crippen LogP contribution in [0.15, 0.2) is 12.1 Å². The van der Waals surface area contributed by atoms with Crippen molar-refractivity contribution in [2.45, 2.75) is 45.3 Å². The van der Waals surface area contributed by atoms with Crippen LogP contribution in [0.2, 0.25) is 5.82 Å². The molecule has 0 spiro atoms. The lowest BCUT2D eigenvalue weighted by Gasteiger charge is -2.28. The van der Waals surface area contributed by atoms with Crippen LogP contribution in [0, 0.1) is 0 Å². The minimum atomic E-state index is -1.13. The summed E-state index contributed by atoms with van der Waals surface area (Å²) in [5.41, 5.74) is 0.959. The molecule has 0 saturated heterocycles. The number of methoxy groups -OCH3 is 1. The second kappa shape index (κ2) is 8.19. The minimum Gasteiger partial charge on any atom is -0.535 e. The van der Waals surface area contributed by atoms with E-state index in [0.717, 1.165) is 12.0 Å². The Morgan fingerprint density at radius 1 is 1.38 bits per heavy atom. The van der Waals surface area contributed by atoms with E-state index in [9.17, 15) is 14.6 Å². The van der Waals surface area contributed by atoms with E-state index in [4.69, 9.17) is 14.1 Å². The number of carbonyl (C=O) groups excluding carboxylic acids is 2. The van der Waals surface area contributed by atoms with Crippen LogP contribution in [0.4, 0.5) is 0 Å². The zero-order valence-corrected chi connectivity index (χ0v) is 14.3. The van der Waals surface area contributed by atoms with Gasteiger partial charge in [0.1, 0.15) is 22.8 Å². The number of benzene rings is 1. The molecule has 2 rings (SSSR count). The lowest BCUT2D eigenvalue weighted by Crippen LogP contribution is -2.36. The Labute approximate surface area is 142 Å². The quantitative estimate of drug-likeness (QED) is 0.609. The highest BCUT2D eigenvalue weighted by atomic mass is 16.5. The van der Waals surface area contributed by atoms with Gasteiger partial charge in [0, 0.05) is 18.7 Å². The van der Waals surface area contributed by atoms with Gasteiger partial charge in [0.2, 0.25) is 0 Å². The van der Waals surface area contributed by atoms with Crippen molar-refractivity contribution in [2.24, 2.45) is 0 Å². The van der Waals surface area contributed by atoms with Crippen LogP contribution in [-0.4, -0.2) is 37.6 Å². The Hall–Kier alpha value is -2.02. The molecule has 6 nitrogen and oxygen atoms in total. The number of ketones is 1. The molecular formula is C17H23BO6. The van der Waals surface area contributed by atoms with Gasteiger partial charge < -0.3 is 19.2 Å². The molecule has 0 amide bonds. The van der Waals surface area contributed by atoms with Crippen molar-refractivity contribution in [3.8, 4) is 11.5 Å². The summed E-state index contributed by atoms with van der Waals surface area (Å²) in [6.45, 7) is 3.90. The molecule has 7 heteroatoms. The normalized spacial score (nSPS) is 16.2. The van der Waals surface area contributed by atoms with Crippen molar-refractivity contribution < 1.29 is 28.7 Å². The number of fused-ring (bicyclic) bond motifs is 1. The number of Topliss-reactive ketones (excluding diaryl/α,β-unsaturated/α-hetero) is 1. The van der Waals surface area contributed by atoms with Crippen LogP contribution in [0.5, 0.6) is 11.5 Å². The van der Waals surface area contributed by atoms with E-state index in [-0.39, 0.29) is 30.2 Å². The topological polar surface area (TPSA) is 82.1 Å². The number of esters is 1. The maximum absolute atomic E-state index is 12.1. The van der Waals surface area contributed by atoms with Gasteiger partial charge in [0.15, 0.2) is 0 Å². The molecule has 1 atom stereocenters. The smallest absolute Gasteiger partial charge is 0.526 e. The first-order chi connectivity index (χ1) is 11.5. The minimum absolute atomic E-state index is 0.0992. The fourth-order valence-corrected chi connectivity index (χ4v) is 2.88. The van der Waals surface area contributed by atoms with Gasteiger partial charge in [0.05, 0.1) is 13.7 Å². The molecule has 0 fully saturated rings. The fraction of sp³-hybridized carbons (Fsp3) is 0.529. The van der Waals surface area contributed by atoms with Crippen molar-refractivity contribution in [3.63, 3.8) is 0 Å². The average Bonchev–Trinajstić information content (AvgIpc) is 2.55. The Morgan fingerprint density at radius 2 is 2.12 bits per heavy atom. The van der Waals surface area contributed by atoms with Gasteiger partial charge in [-0.15, -0.1) is 0 Å². The molecular weight excluding hydrogens is 311 g/mol. The fourth-order valence-electron chi connectivity index (χ4n) is 2.88. The lowest BCUT2D eigenvalue weighted by molar-refractivity contribution is -0.119. The zero-order chi connectivity index (χ0) is 17.7. The first-order valence-corrected chi connectivity index (χ1v) is 8.24. The van der Waals surface area contributed by atoms with Crippen molar-refractivity contribution in [1.82, 2.24) is 0 Å². The summed E-state index contributed by atoms with van der Waals surface area (Å²) < 4.78 is 15.8. The van der Waals surface area contributed by atoms with Crippen LogP contribution in [-0.2, 0) is 16.0 Å². The Morgan fingerprint density at radius 3 is 2.75 bits per heavy atom. The van der Waals surface area contributed by atoms with E-state index in [1.807, 2.05) is 6.92 Å². The van der Waals surface area contributed by atoms with Crippen molar-refractivity contribution in [1.29, 1.82) is 0 Å². The molecule has 1 aliphatic heterocycles. The van der Waals surface area contributed by atoms with Gasteiger partial charge in [-0.05, 0) is 37.5 Å². The first-order valence-electron chi connectivity index (χ1n) is 8.24. The number of rotatable bonds is 7. The maximum Gasteiger partial charge on any atom is 0.526 e. The third-order valence-electron chi connectivity index (χ3n) is 4.01. The SMILES string of the molecule is CCCC(=O)C[C@H]1Cc2cc(OC)cc(C(=O)OCC)c2OB1O. The second-order valence-corrected chi connectivity index (χ2v) is 5.85. The van der Waals surface area contributed by atoms with Gasteiger partial charge >= 0.3 is 13.1 Å². The molecule has 130 valence electrons. The standard InChI is InChI=1S/C17H23BO6/c1-4-6-13(19)9-12-7-11-8-14(22-3)10-15(17(20)23-5-2)16(11)24-18(12)21/h8,10,12,21H,4-7,9H2,1-3H3/t12-/m1/s1. The molecule has 0 saturated carbocycles. The predicted octanol–water partition coefficient (Wildman–Crippen LogP) is 2.42. The molecule has 0 aliphatic carbocycles. The Bertz CT molecular complexity index is 615. The summed E-state index contributed by atoms with van der Waals surface area (Å²) >= 11 is 0. The van der Waals surface area contributed by atoms with Crippen molar-refractivity contribution in [2.75, 3.05) is 13.7 Å². The molecule has 1 N–H and O–H groups in total. The van der Waals surface area contributed by atoms with Crippen LogP contribution in [0.25, 0.3) is 0 Å². The summed E-state index contributed by atoms with van der Waals surface area (Å²) in [7, 11) is 0.386. The zero-order valence-electron chi connectivity index (χ0n) is 14.3. The number of hydrogen-bond acceptors (Lipinski definition) is 6. The van der Waals surface area contributed by atoms with E-state index in [0.29, 0.717) is 24.3 Å². The van der Waals surface area contributed by atoms with Crippen LogP contribution in [0.3, 0.4) is 0 Å². The van der Waals surface area contributed by atoms with Crippen LogP contribution in [0.1, 0.15) is 49.0 Å². The highest BCUT2D eigenvalue weighted by Crippen LogP contribution is 2.39. The van der Waals surface area contributed by atoms with E-state index >= 15 is 0 Å². The third-order valence-corrected chi connectivity index (χ3v) is 4.01. The van der Waals surface area contributed by atoms with E-state index in [1.165, 1.54) is 13.2 Å². The van der Waals surface area contributed by atoms with E-state index < -0.39 is 13.1 Å². The van der Waals surface area contributed by atoms with E-state index in [2.05, 4.69) is 0 Å². The lowest BCUT2D eigenvalue weighted by atomic mass is 9.64. The van der Waals surface area contributed by atoms with Gasteiger partial charge in [-0.3, -0.25) is 4.79 Å². The first kappa shape index (κ1) is 18.3. The Kier molecular flexibility index (Phi) is 6.26. The predicted molar refractivity (Wildman–Crippen MR) is 89.5 cm³/mol. The van der Waals surface area contributed by atoms with Crippen molar-refractivity contribution >= 4 is 18.9 Å². The van der Waals surface area contributed by atoms with Crippen LogP contribution >= 0.6 is 0 Å². The summed E-state index contributed by atoms with van der Waals surface area (Å²) in [4.78, 5) is 24.0. The molecule has 24 heavy (non-hydrogen) atoms. The van der Waals surface area contributed by atoms with Crippen LogP contribution < -0.4 is 9.39 Å². The van der Waals surface area contributed by atoms with E-state index in [1.54, 1.807) is 13.0 Å². The highest BCUT2D eigenvalue weighted by molar-refractivity contribution is 6.47. The largest absolute Gasteiger partial charge is 0.535 e. The molecule has 0 bridgehead atoms. The van der Waals surface area contributed by atoms with Gasteiger partial charge in [-0.2, -0.15) is 0 Å². The summed E-state index contributed by atoms with van der Waals surface area (Å²) in [5.74, 6) is 0.0533. The molecule has 1 aromatic rings. The molecule has 1 heterocycles. The Balaban J connectivity index is 2.31. The monoisotopic (exact) mass is 334 g/mol. The molecule has 0 unspecified atom stereocenters. The number of hydrogen-bond donors (Lipinski definition) is 1. The summed E-state index contributed by atoms with van der Waals surface area (Å²) in [6.07, 6.45) is 1.96. The second-order valence-electron chi connectivity index (χ2n) is 5.85. The molecule has 0 radical (unpaired) electrons. The average molecular weight is 334 g/mol. The van der Waals surface area contributed by atoms with Crippen molar-refractivity contribution in [3.05, 3.63) is 23.3 Å². The molecule has 1 aliphatic rings. The third kappa shape index (κ3) is 4.09. The maximum atomic E-state index is 12.1. The highest BCUT2D eigenvalue weighted by Gasteiger charge is 2.38. The molecule has 1 aromatic carbocycles. The summed E-state index contributed by atoms with van der Waals surface area (Å²) in [5, 5.41) is 10.2. The van der Waals surface area contributed by atoms with Gasteiger partial charge in [-0.1, -0.05) is 6.92 Å². The number of carbonyl (C=O) groups is 2. The van der Waals surface area contributed by atoms with Gasteiger partial charge in [0.25, 0.3) is 0 Å². The van der Waals surface area contributed by atoms with Gasteiger partial charge in [-0.25, -0.2) is 4.79 Å². The number of ether oxygens (including phenoxy) is 2. The molecule has 0 aromatic heterocycles. The summed E-state index contributed by atoms with van der Waals surface area (Å²) in [6, 6.07) is 3.30.